The van der Waals surface area contributed by atoms with Gasteiger partial charge in [0, 0.05) is 0 Å². The Morgan fingerprint density at radius 1 is 1.14 bits per heavy atom. The largest absolute Gasteiger partial charge is 0.0856 e. The van der Waals surface area contributed by atoms with Crippen molar-refractivity contribution in [3.8, 4) is 0 Å². The lowest BCUT2D eigenvalue weighted by Crippen LogP contribution is -2.00. The third-order valence-corrected chi connectivity index (χ3v) is 5.43. The molecule has 0 bridgehead atoms. The first-order valence-corrected chi connectivity index (χ1v) is 9.49. The summed E-state index contributed by atoms with van der Waals surface area (Å²) in [6.07, 6.45) is 17.1. The molecule has 1 aliphatic carbocycles. The molecule has 1 aliphatic rings. The van der Waals surface area contributed by atoms with E-state index in [0.717, 1.165) is 17.8 Å². The zero-order valence-corrected chi connectivity index (χ0v) is 15.3. The molecule has 0 radical (unpaired) electrons. The molecule has 1 rings (SSSR count). The van der Waals surface area contributed by atoms with Crippen LogP contribution < -0.4 is 0 Å². The SMILES string of the molecule is CCC=C(C)C(CC)CCCCCC=C1CC1C(C)CC. The van der Waals surface area contributed by atoms with Gasteiger partial charge in [-0.2, -0.15) is 0 Å². The van der Waals surface area contributed by atoms with Crippen molar-refractivity contribution in [1.82, 2.24) is 0 Å². The molecule has 0 nitrogen and oxygen atoms in total. The van der Waals surface area contributed by atoms with Crippen LogP contribution in [-0.4, -0.2) is 0 Å². The van der Waals surface area contributed by atoms with E-state index >= 15 is 0 Å². The van der Waals surface area contributed by atoms with Gasteiger partial charge in [0.1, 0.15) is 0 Å². The van der Waals surface area contributed by atoms with Gasteiger partial charge in [-0.25, -0.2) is 0 Å². The van der Waals surface area contributed by atoms with Crippen LogP contribution in [0.3, 0.4) is 0 Å². The summed E-state index contributed by atoms with van der Waals surface area (Å²) in [7, 11) is 0. The van der Waals surface area contributed by atoms with E-state index in [-0.39, 0.29) is 0 Å². The Labute approximate surface area is 134 Å². The highest BCUT2D eigenvalue weighted by molar-refractivity contribution is 5.24. The third kappa shape index (κ3) is 6.85. The van der Waals surface area contributed by atoms with Gasteiger partial charge in [-0.15, -0.1) is 0 Å². The normalized spacial score (nSPS) is 23.4. The first-order valence-electron chi connectivity index (χ1n) is 9.49. The van der Waals surface area contributed by atoms with Crippen molar-refractivity contribution in [2.24, 2.45) is 17.8 Å². The molecular formula is C21H38. The standard InChI is InChI=1S/C21H38/c1-6-13-18(5)19(8-3)14-11-9-10-12-15-20-16-21(20)17(4)7-2/h13,15,17,19,21H,6-12,14,16H2,1-5H3. The van der Waals surface area contributed by atoms with Gasteiger partial charge in [0.05, 0.1) is 0 Å². The second-order valence-corrected chi connectivity index (χ2v) is 7.07. The van der Waals surface area contributed by atoms with Crippen LogP contribution in [0.4, 0.5) is 0 Å². The summed E-state index contributed by atoms with van der Waals surface area (Å²) in [5, 5.41) is 0. The minimum atomic E-state index is 0.835. The Hall–Kier alpha value is -0.520. The lowest BCUT2D eigenvalue weighted by molar-refractivity contribution is 0.498. The zero-order valence-electron chi connectivity index (χ0n) is 15.3. The second-order valence-electron chi connectivity index (χ2n) is 7.07. The van der Waals surface area contributed by atoms with Crippen LogP contribution in [-0.2, 0) is 0 Å². The van der Waals surface area contributed by atoms with E-state index in [1.165, 1.54) is 57.8 Å². The molecule has 0 heterocycles. The zero-order chi connectivity index (χ0) is 15.7. The van der Waals surface area contributed by atoms with E-state index in [2.05, 4.69) is 46.8 Å². The fraction of sp³-hybridized carbons (Fsp3) is 0.810. The van der Waals surface area contributed by atoms with E-state index in [1.807, 2.05) is 0 Å². The lowest BCUT2D eigenvalue weighted by atomic mass is 9.91. The average molecular weight is 291 g/mol. The van der Waals surface area contributed by atoms with Crippen molar-refractivity contribution in [3.05, 3.63) is 23.3 Å². The van der Waals surface area contributed by atoms with Crippen LogP contribution in [0.2, 0.25) is 0 Å². The molecule has 0 aliphatic heterocycles. The molecule has 3 unspecified atom stereocenters. The molecule has 0 spiro atoms. The van der Waals surface area contributed by atoms with E-state index in [4.69, 9.17) is 0 Å². The van der Waals surface area contributed by atoms with Crippen molar-refractivity contribution < 1.29 is 0 Å². The topological polar surface area (TPSA) is 0 Å². The molecule has 1 saturated carbocycles. The van der Waals surface area contributed by atoms with Gasteiger partial charge in [-0.05, 0) is 63.2 Å². The number of rotatable bonds is 11. The Balaban J connectivity index is 2.10. The van der Waals surface area contributed by atoms with Gasteiger partial charge >= 0.3 is 0 Å². The number of hydrogen-bond donors (Lipinski definition) is 0. The summed E-state index contributed by atoms with van der Waals surface area (Å²) in [4.78, 5) is 0. The van der Waals surface area contributed by atoms with Crippen molar-refractivity contribution in [2.75, 3.05) is 0 Å². The van der Waals surface area contributed by atoms with Crippen LogP contribution in [0, 0.1) is 17.8 Å². The van der Waals surface area contributed by atoms with E-state index in [0.29, 0.717) is 0 Å². The van der Waals surface area contributed by atoms with Crippen molar-refractivity contribution >= 4 is 0 Å². The van der Waals surface area contributed by atoms with Crippen LogP contribution in [0.15, 0.2) is 23.3 Å². The predicted octanol–water partition coefficient (Wildman–Crippen LogP) is 7.31. The summed E-state index contributed by atoms with van der Waals surface area (Å²) < 4.78 is 0. The second kappa shape index (κ2) is 10.2. The first-order chi connectivity index (χ1) is 10.1. The third-order valence-electron chi connectivity index (χ3n) is 5.43. The summed E-state index contributed by atoms with van der Waals surface area (Å²) in [5.41, 5.74) is 3.38. The van der Waals surface area contributed by atoms with Gasteiger partial charge < -0.3 is 0 Å². The fourth-order valence-corrected chi connectivity index (χ4v) is 3.52. The van der Waals surface area contributed by atoms with E-state index < -0.39 is 0 Å². The molecule has 0 amide bonds. The maximum absolute atomic E-state index is 2.55. The molecule has 1 fully saturated rings. The Kier molecular flexibility index (Phi) is 9.04. The highest BCUT2D eigenvalue weighted by Crippen LogP contribution is 2.45. The van der Waals surface area contributed by atoms with Gasteiger partial charge in [-0.3, -0.25) is 0 Å². The van der Waals surface area contributed by atoms with Crippen LogP contribution in [0.1, 0.15) is 92.4 Å². The average Bonchev–Trinajstić information content (AvgIpc) is 3.25. The molecule has 0 saturated heterocycles. The summed E-state index contributed by atoms with van der Waals surface area (Å²) in [6, 6.07) is 0. The predicted molar refractivity (Wildman–Crippen MR) is 96.6 cm³/mol. The molecule has 0 aromatic heterocycles. The smallest absolute Gasteiger partial charge is 0.0140 e. The highest BCUT2D eigenvalue weighted by Gasteiger charge is 2.32. The van der Waals surface area contributed by atoms with Crippen LogP contribution in [0.5, 0.6) is 0 Å². The lowest BCUT2D eigenvalue weighted by Gasteiger charge is -2.15. The Morgan fingerprint density at radius 3 is 2.52 bits per heavy atom. The molecule has 0 heteroatoms. The van der Waals surface area contributed by atoms with Crippen molar-refractivity contribution in [2.45, 2.75) is 92.4 Å². The molecule has 0 aromatic rings. The van der Waals surface area contributed by atoms with Gasteiger partial charge in [0.2, 0.25) is 0 Å². The van der Waals surface area contributed by atoms with E-state index in [1.54, 1.807) is 11.1 Å². The van der Waals surface area contributed by atoms with Gasteiger partial charge in [-0.1, -0.05) is 70.3 Å². The molecule has 122 valence electrons. The molecule has 3 atom stereocenters. The number of allylic oxidation sites excluding steroid dienone is 4. The highest BCUT2D eigenvalue weighted by atomic mass is 14.4. The molecular weight excluding hydrogens is 252 g/mol. The molecule has 21 heavy (non-hydrogen) atoms. The van der Waals surface area contributed by atoms with Crippen molar-refractivity contribution in [1.29, 1.82) is 0 Å². The monoisotopic (exact) mass is 290 g/mol. The minimum absolute atomic E-state index is 0.835. The minimum Gasteiger partial charge on any atom is -0.0856 e. The summed E-state index contributed by atoms with van der Waals surface area (Å²) in [5.74, 6) is 2.69. The first kappa shape index (κ1) is 18.5. The van der Waals surface area contributed by atoms with Crippen LogP contribution in [0.25, 0.3) is 0 Å². The van der Waals surface area contributed by atoms with E-state index in [9.17, 15) is 0 Å². The maximum atomic E-state index is 2.55. The van der Waals surface area contributed by atoms with Crippen molar-refractivity contribution in [3.63, 3.8) is 0 Å². The van der Waals surface area contributed by atoms with Crippen LogP contribution >= 0.6 is 0 Å². The molecule has 0 N–H and O–H groups in total. The quantitative estimate of drug-likeness (QED) is 0.276. The van der Waals surface area contributed by atoms with Gasteiger partial charge in [0.25, 0.3) is 0 Å². The number of unbranched alkanes of at least 4 members (excludes halogenated alkanes) is 3. The fourth-order valence-electron chi connectivity index (χ4n) is 3.52. The molecule has 0 aromatic carbocycles. The summed E-state index contributed by atoms with van der Waals surface area (Å²) in [6.45, 7) is 11.6. The Bertz CT molecular complexity index is 334. The number of hydrogen-bond acceptors (Lipinski definition) is 0. The maximum Gasteiger partial charge on any atom is -0.0140 e. The Morgan fingerprint density at radius 2 is 1.90 bits per heavy atom. The van der Waals surface area contributed by atoms with Gasteiger partial charge in [0.15, 0.2) is 0 Å². The summed E-state index contributed by atoms with van der Waals surface area (Å²) >= 11 is 0.